The Hall–Kier alpha value is -3.12. The van der Waals surface area contributed by atoms with Crippen molar-refractivity contribution in [3.8, 4) is 0 Å². The molecule has 0 saturated carbocycles. The average molecular weight is 383 g/mol. The Bertz CT molecular complexity index is 997. The van der Waals surface area contributed by atoms with Crippen LogP contribution in [0.3, 0.4) is 0 Å². The number of carbonyl (C=O) groups is 2. The van der Waals surface area contributed by atoms with Crippen molar-refractivity contribution < 1.29 is 9.59 Å². The first-order valence-electron chi connectivity index (χ1n) is 8.49. The van der Waals surface area contributed by atoms with Crippen molar-refractivity contribution >= 4 is 28.9 Å². The quantitative estimate of drug-likeness (QED) is 0.617. The molecule has 2 amide bonds. The van der Waals surface area contributed by atoms with Crippen LogP contribution in [0.2, 0.25) is 5.02 Å². The van der Waals surface area contributed by atoms with Crippen LogP contribution in [0.15, 0.2) is 61.3 Å². The molecule has 0 unspecified atom stereocenters. The fraction of sp³-hybridized carbons (Fsp3) is 0.150. The summed E-state index contributed by atoms with van der Waals surface area (Å²) >= 11 is 5.97. The second-order valence-corrected chi connectivity index (χ2v) is 6.31. The highest BCUT2D eigenvalue weighted by Crippen LogP contribution is 2.14. The number of amides is 2. The predicted molar refractivity (Wildman–Crippen MR) is 105 cm³/mol. The number of nitrogens with one attached hydrogen (secondary N) is 2. The lowest BCUT2D eigenvalue weighted by Gasteiger charge is -2.04. The number of hydrogen-bond acceptors (Lipinski definition) is 3. The molecule has 0 saturated heterocycles. The van der Waals surface area contributed by atoms with Gasteiger partial charge in [0.25, 0.3) is 11.8 Å². The average Bonchev–Trinajstić information content (AvgIpc) is 3.06. The number of imidazole rings is 1. The van der Waals surface area contributed by atoms with Crippen LogP contribution >= 0.6 is 11.6 Å². The number of benzene rings is 1. The molecular formula is C20H19ClN4O2. The highest BCUT2D eigenvalue weighted by atomic mass is 35.5. The van der Waals surface area contributed by atoms with Crippen molar-refractivity contribution in [2.75, 3.05) is 13.1 Å². The molecular weight excluding hydrogens is 364 g/mol. The maximum Gasteiger partial charge on any atom is 0.287 e. The van der Waals surface area contributed by atoms with Crippen LogP contribution in [-0.2, 0) is 6.42 Å². The van der Waals surface area contributed by atoms with E-state index in [1.165, 1.54) is 0 Å². The molecule has 0 aliphatic rings. The molecule has 2 aromatic heterocycles. The third kappa shape index (κ3) is 4.35. The summed E-state index contributed by atoms with van der Waals surface area (Å²) in [5.74, 6) is -0.537. The second kappa shape index (κ2) is 8.51. The molecule has 27 heavy (non-hydrogen) atoms. The van der Waals surface area contributed by atoms with Crippen LogP contribution < -0.4 is 10.6 Å². The van der Waals surface area contributed by atoms with E-state index in [-0.39, 0.29) is 23.3 Å². The minimum absolute atomic E-state index is 0.160. The number of rotatable bonds is 7. The molecule has 3 rings (SSSR count). The smallest absolute Gasteiger partial charge is 0.287 e. The van der Waals surface area contributed by atoms with Gasteiger partial charge in [-0.3, -0.25) is 14.0 Å². The Morgan fingerprint density at radius 1 is 1.15 bits per heavy atom. The number of fused-ring (bicyclic) bond motifs is 1. The van der Waals surface area contributed by atoms with E-state index >= 15 is 0 Å². The van der Waals surface area contributed by atoms with Gasteiger partial charge in [0.15, 0.2) is 5.69 Å². The zero-order valence-corrected chi connectivity index (χ0v) is 15.4. The molecule has 0 spiro atoms. The fourth-order valence-electron chi connectivity index (χ4n) is 2.71. The lowest BCUT2D eigenvalue weighted by molar-refractivity contribution is 0.0947. The third-order valence-corrected chi connectivity index (χ3v) is 4.20. The van der Waals surface area contributed by atoms with Gasteiger partial charge in [-0.05, 0) is 36.2 Å². The highest BCUT2D eigenvalue weighted by molar-refractivity contribution is 6.30. The first-order valence-corrected chi connectivity index (χ1v) is 8.87. The van der Waals surface area contributed by atoms with Crippen LogP contribution in [0.1, 0.15) is 26.7 Å². The van der Waals surface area contributed by atoms with Crippen LogP contribution in [-0.4, -0.2) is 34.3 Å². The van der Waals surface area contributed by atoms with E-state index in [4.69, 9.17) is 11.6 Å². The largest absolute Gasteiger partial charge is 0.350 e. The van der Waals surface area contributed by atoms with Crippen molar-refractivity contribution in [3.63, 3.8) is 0 Å². The van der Waals surface area contributed by atoms with Gasteiger partial charge in [-0.25, -0.2) is 4.98 Å². The lowest BCUT2D eigenvalue weighted by Crippen LogP contribution is -2.27. The number of halogens is 1. The zero-order valence-electron chi connectivity index (χ0n) is 14.6. The molecule has 2 N–H and O–H groups in total. The van der Waals surface area contributed by atoms with Crippen molar-refractivity contribution in [2.24, 2.45) is 0 Å². The Balaban J connectivity index is 1.76. The van der Waals surface area contributed by atoms with Gasteiger partial charge in [0.1, 0.15) is 0 Å². The molecule has 0 atom stereocenters. The summed E-state index contributed by atoms with van der Waals surface area (Å²) in [5, 5.41) is 6.19. The maximum atomic E-state index is 12.6. The van der Waals surface area contributed by atoms with Crippen molar-refractivity contribution in [3.05, 3.63) is 83.4 Å². The van der Waals surface area contributed by atoms with Gasteiger partial charge >= 0.3 is 0 Å². The van der Waals surface area contributed by atoms with Gasteiger partial charge < -0.3 is 10.6 Å². The van der Waals surface area contributed by atoms with E-state index in [0.717, 1.165) is 5.56 Å². The highest BCUT2D eigenvalue weighted by Gasteiger charge is 2.20. The van der Waals surface area contributed by atoms with Crippen LogP contribution in [0.25, 0.3) is 5.52 Å². The monoisotopic (exact) mass is 382 g/mol. The van der Waals surface area contributed by atoms with Gasteiger partial charge in [0.05, 0.1) is 5.52 Å². The lowest BCUT2D eigenvalue weighted by atomic mass is 10.1. The summed E-state index contributed by atoms with van der Waals surface area (Å²) < 4.78 is 1.60. The number of carbonyl (C=O) groups excluding carboxylic acids is 2. The normalized spacial score (nSPS) is 10.6. The van der Waals surface area contributed by atoms with E-state index in [2.05, 4.69) is 22.2 Å². The van der Waals surface area contributed by atoms with E-state index in [1.54, 1.807) is 40.9 Å². The van der Waals surface area contributed by atoms with E-state index in [0.29, 0.717) is 30.0 Å². The summed E-state index contributed by atoms with van der Waals surface area (Å²) in [6, 6.07) is 12.8. The minimum Gasteiger partial charge on any atom is -0.350 e. The number of pyridine rings is 1. The standard InChI is InChI=1S/C20H19ClN4O2/c1-2-10-22-20(27)18-24-17(16-8-3-4-12-25(16)18)19(26)23-11-9-14-6-5-7-15(21)13-14/h2-8,12-13H,1,9-11H2,(H,22,27)(H,23,26). The number of nitrogens with zero attached hydrogens (tertiary/aromatic N) is 2. The van der Waals surface area contributed by atoms with Crippen LogP contribution in [0, 0.1) is 0 Å². The fourth-order valence-corrected chi connectivity index (χ4v) is 2.92. The Morgan fingerprint density at radius 2 is 2.00 bits per heavy atom. The number of aromatic nitrogens is 2. The summed E-state index contributed by atoms with van der Waals surface area (Å²) in [6.45, 7) is 4.33. The van der Waals surface area contributed by atoms with Crippen molar-refractivity contribution in [1.29, 1.82) is 0 Å². The Labute approximate surface area is 161 Å². The van der Waals surface area contributed by atoms with E-state index in [9.17, 15) is 9.59 Å². The summed E-state index contributed by atoms with van der Waals surface area (Å²) in [7, 11) is 0. The van der Waals surface area contributed by atoms with Gasteiger partial charge in [0.2, 0.25) is 5.82 Å². The first kappa shape index (κ1) is 18.7. The molecule has 138 valence electrons. The van der Waals surface area contributed by atoms with Crippen molar-refractivity contribution in [1.82, 2.24) is 20.0 Å². The SMILES string of the molecule is C=CCNC(=O)c1nc(C(=O)NCCc2cccc(Cl)c2)c2ccccn12. The second-order valence-electron chi connectivity index (χ2n) is 5.87. The molecule has 0 bridgehead atoms. The van der Waals surface area contributed by atoms with Gasteiger partial charge in [0, 0.05) is 24.3 Å². The minimum atomic E-state index is -0.367. The molecule has 0 aliphatic heterocycles. The zero-order chi connectivity index (χ0) is 19.2. The molecule has 0 aliphatic carbocycles. The molecule has 1 aromatic carbocycles. The maximum absolute atomic E-state index is 12.6. The van der Waals surface area contributed by atoms with Gasteiger partial charge in [-0.15, -0.1) is 6.58 Å². The molecule has 0 radical (unpaired) electrons. The summed E-state index contributed by atoms with van der Waals surface area (Å²) in [4.78, 5) is 29.2. The predicted octanol–water partition coefficient (Wildman–Crippen LogP) is 2.88. The Morgan fingerprint density at radius 3 is 2.78 bits per heavy atom. The molecule has 6 nitrogen and oxygen atoms in total. The number of hydrogen-bond donors (Lipinski definition) is 2. The van der Waals surface area contributed by atoms with Crippen LogP contribution in [0.4, 0.5) is 0 Å². The first-order chi connectivity index (χ1) is 13.1. The molecule has 2 heterocycles. The van der Waals surface area contributed by atoms with Gasteiger partial charge in [-0.2, -0.15) is 0 Å². The van der Waals surface area contributed by atoms with Crippen LogP contribution in [0.5, 0.6) is 0 Å². The Kier molecular flexibility index (Phi) is 5.88. The van der Waals surface area contributed by atoms with E-state index in [1.807, 2.05) is 18.2 Å². The van der Waals surface area contributed by atoms with E-state index < -0.39 is 0 Å². The molecule has 3 aromatic rings. The molecule has 7 heteroatoms. The third-order valence-electron chi connectivity index (χ3n) is 3.96. The van der Waals surface area contributed by atoms with Crippen molar-refractivity contribution in [2.45, 2.75) is 6.42 Å². The summed E-state index contributed by atoms with van der Waals surface area (Å²) in [5.41, 5.74) is 1.81. The molecule has 0 fully saturated rings. The van der Waals surface area contributed by atoms with Gasteiger partial charge in [-0.1, -0.05) is 35.9 Å². The topological polar surface area (TPSA) is 75.5 Å². The summed E-state index contributed by atoms with van der Waals surface area (Å²) in [6.07, 6.45) is 3.93.